The standard InChI is InChI=1S/C15H31N3OS/c1-9-13(8)20-14(16-10(2)3)17-15(19)18(11(4)5)12(6)7/h10-13H,9H2,1-8H3,(H,16,17,19). The quantitative estimate of drug-likeness (QED) is 0.613. The van der Waals surface area contributed by atoms with E-state index in [1.807, 2.05) is 46.4 Å². The van der Waals surface area contributed by atoms with Gasteiger partial charge in [-0.15, -0.1) is 0 Å². The van der Waals surface area contributed by atoms with Crippen LogP contribution in [0.15, 0.2) is 4.99 Å². The van der Waals surface area contributed by atoms with Crippen molar-refractivity contribution in [2.24, 2.45) is 4.99 Å². The second-order valence-electron chi connectivity index (χ2n) is 5.89. The molecule has 0 heterocycles. The molecule has 0 aliphatic rings. The first-order chi connectivity index (χ1) is 9.18. The number of nitrogens with zero attached hydrogens (tertiary/aromatic N) is 2. The van der Waals surface area contributed by atoms with Gasteiger partial charge in [0, 0.05) is 23.4 Å². The average Bonchev–Trinajstić information content (AvgIpc) is 2.26. The van der Waals surface area contributed by atoms with Crippen LogP contribution in [0.3, 0.4) is 0 Å². The predicted molar refractivity (Wildman–Crippen MR) is 90.6 cm³/mol. The topological polar surface area (TPSA) is 44.7 Å². The van der Waals surface area contributed by atoms with Gasteiger partial charge in [-0.2, -0.15) is 0 Å². The van der Waals surface area contributed by atoms with Gasteiger partial charge in [-0.3, -0.25) is 10.3 Å². The van der Waals surface area contributed by atoms with E-state index in [4.69, 9.17) is 0 Å². The van der Waals surface area contributed by atoms with Crippen molar-refractivity contribution in [3.63, 3.8) is 0 Å². The molecule has 20 heavy (non-hydrogen) atoms. The number of thioether (sulfide) groups is 1. The summed E-state index contributed by atoms with van der Waals surface area (Å²) in [4.78, 5) is 18.8. The predicted octanol–water partition coefficient (Wildman–Crippen LogP) is 4.11. The number of urea groups is 1. The lowest BCUT2D eigenvalue weighted by Gasteiger charge is -2.31. The number of hydrogen-bond acceptors (Lipinski definition) is 3. The number of hydrogen-bond donors (Lipinski definition) is 1. The summed E-state index contributed by atoms with van der Waals surface area (Å²) in [6.45, 7) is 16.4. The lowest BCUT2D eigenvalue weighted by molar-refractivity contribution is 0.170. The fourth-order valence-electron chi connectivity index (χ4n) is 1.82. The van der Waals surface area contributed by atoms with E-state index in [-0.39, 0.29) is 24.2 Å². The Bertz CT molecular complexity index is 319. The number of carbonyl (C=O) groups excluding carboxylic acids is 1. The molecule has 0 aromatic heterocycles. The van der Waals surface area contributed by atoms with Crippen LogP contribution in [0.5, 0.6) is 0 Å². The van der Waals surface area contributed by atoms with Gasteiger partial charge >= 0.3 is 6.03 Å². The third-order valence-corrected chi connectivity index (χ3v) is 3.99. The van der Waals surface area contributed by atoms with Crippen molar-refractivity contribution in [3.8, 4) is 0 Å². The number of aliphatic imine (C=N–C) groups is 1. The van der Waals surface area contributed by atoms with E-state index in [0.29, 0.717) is 5.25 Å². The minimum atomic E-state index is -0.0646. The Morgan fingerprint density at radius 2 is 1.60 bits per heavy atom. The molecule has 0 spiro atoms. The molecule has 0 fully saturated rings. The third kappa shape index (κ3) is 7.17. The maximum absolute atomic E-state index is 12.4. The molecule has 0 aliphatic carbocycles. The first kappa shape index (κ1) is 19.3. The van der Waals surface area contributed by atoms with Crippen molar-refractivity contribution in [3.05, 3.63) is 0 Å². The maximum Gasteiger partial charge on any atom is 0.323 e. The van der Waals surface area contributed by atoms with Crippen molar-refractivity contribution in [1.82, 2.24) is 10.2 Å². The molecule has 0 aliphatic heterocycles. The minimum absolute atomic E-state index is 0.0646. The molecule has 0 bridgehead atoms. The average molecular weight is 302 g/mol. The molecule has 0 radical (unpaired) electrons. The molecule has 2 amide bonds. The van der Waals surface area contributed by atoms with Crippen LogP contribution in [-0.2, 0) is 0 Å². The van der Waals surface area contributed by atoms with Crippen molar-refractivity contribution in [2.45, 2.75) is 85.2 Å². The summed E-state index contributed by atoms with van der Waals surface area (Å²) in [7, 11) is 0. The maximum atomic E-state index is 12.4. The van der Waals surface area contributed by atoms with Gasteiger partial charge in [0.15, 0.2) is 5.17 Å². The molecule has 118 valence electrons. The van der Waals surface area contributed by atoms with Crippen molar-refractivity contribution in [2.75, 3.05) is 0 Å². The van der Waals surface area contributed by atoms with Gasteiger partial charge in [-0.1, -0.05) is 25.6 Å². The van der Waals surface area contributed by atoms with Crippen LogP contribution in [0.2, 0.25) is 0 Å². The molecule has 4 nitrogen and oxygen atoms in total. The van der Waals surface area contributed by atoms with Crippen LogP contribution in [0.25, 0.3) is 0 Å². The summed E-state index contributed by atoms with van der Waals surface area (Å²) in [5.41, 5.74) is 0. The second kappa shape index (κ2) is 9.27. The highest BCUT2D eigenvalue weighted by Crippen LogP contribution is 2.16. The lowest BCUT2D eigenvalue weighted by Crippen LogP contribution is -2.49. The molecule has 1 N–H and O–H groups in total. The fraction of sp³-hybridized carbons (Fsp3) is 0.867. The van der Waals surface area contributed by atoms with E-state index in [0.717, 1.165) is 11.6 Å². The Hall–Kier alpha value is -0.710. The van der Waals surface area contributed by atoms with E-state index in [9.17, 15) is 4.79 Å². The first-order valence-corrected chi connectivity index (χ1v) is 8.40. The molecule has 0 rings (SSSR count). The zero-order chi connectivity index (χ0) is 15.9. The van der Waals surface area contributed by atoms with Crippen LogP contribution >= 0.6 is 11.8 Å². The summed E-state index contributed by atoms with van der Waals surface area (Å²) < 4.78 is 0. The summed E-state index contributed by atoms with van der Waals surface area (Å²) in [6.07, 6.45) is 1.05. The number of amidine groups is 1. The van der Waals surface area contributed by atoms with Gasteiger partial charge in [0.25, 0.3) is 0 Å². The summed E-state index contributed by atoms with van der Waals surface area (Å²) in [5, 5.41) is 4.15. The lowest BCUT2D eigenvalue weighted by atomic mass is 10.2. The SMILES string of the molecule is CCC(C)SC(=NC(C)C)NC(=O)N(C(C)C)C(C)C. The van der Waals surface area contributed by atoms with Gasteiger partial charge in [0.2, 0.25) is 0 Å². The molecular weight excluding hydrogens is 270 g/mol. The summed E-state index contributed by atoms with van der Waals surface area (Å²) in [5.74, 6) is 0. The van der Waals surface area contributed by atoms with Gasteiger partial charge in [0.1, 0.15) is 0 Å². The second-order valence-corrected chi connectivity index (χ2v) is 7.32. The third-order valence-electron chi connectivity index (χ3n) is 2.82. The van der Waals surface area contributed by atoms with Crippen LogP contribution < -0.4 is 5.32 Å². The monoisotopic (exact) mass is 301 g/mol. The van der Waals surface area contributed by atoms with E-state index in [1.165, 1.54) is 0 Å². The Balaban J connectivity index is 4.92. The van der Waals surface area contributed by atoms with Gasteiger partial charge in [-0.25, -0.2) is 4.79 Å². The number of rotatable bonds is 5. The van der Waals surface area contributed by atoms with Crippen LogP contribution in [0.4, 0.5) is 4.79 Å². The van der Waals surface area contributed by atoms with Crippen LogP contribution in [-0.4, -0.2) is 39.5 Å². The zero-order valence-electron chi connectivity index (χ0n) is 14.2. The normalized spacial score (nSPS) is 14.1. The van der Waals surface area contributed by atoms with Crippen molar-refractivity contribution < 1.29 is 4.79 Å². The highest BCUT2D eigenvalue weighted by molar-refractivity contribution is 8.14. The Morgan fingerprint density at radius 1 is 1.10 bits per heavy atom. The molecule has 0 saturated heterocycles. The number of carbonyl (C=O) groups is 1. The van der Waals surface area contributed by atoms with E-state index in [1.54, 1.807) is 11.8 Å². The Labute approximate surface area is 128 Å². The number of amides is 2. The first-order valence-electron chi connectivity index (χ1n) is 7.52. The minimum Gasteiger partial charge on any atom is -0.320 e. The van der Waals surface area contributed by atoms with Crippen molar-refractivity contribution in [1.29, 1.82) is 0 Å². The van der Waals surface area contributed by atoms with E-state index in [2.05, 4.69) is 24.2 Å². The Kier molecular flexibility index (Phi) is 8.94. The van der Waals surface area contributed by atoms with E-state index >= 15 is 0 Å². The highest BCUT2D eigenvalue weighted by Gasteiger charge is 2.22. The van der Waals surface area contributed by atoms with Gasteiger partial charge in [-0.05, 0) is 48.0 Å². The molecular formula is C15H31N3OS. The smallest absolute Gasteiger partial charge is 0.320 e. The van der Waals surface area contributed by atoms with Crippen molar-refractivity contribution >= 4 is 23.0 Å². The van der Waals surface area contributed by atoms with E-state index < -0.39 is 0 Å². The van der Waals surface area contributed by atoms with Gasteiger partial charge in [0.05, 0.1) is 0 Å². The molecule has 1 atom stereocenters. The molecule has 1 unspecified atom stereocenters. The van der Waals surface area contributed by atoms with Crippen LogP contribution in [0.1, 0.15) is 61.8 Å². The summed E-state index contributed by atoms with van der Waals surface area (Å²) in [6, 6.07) is 0.450. The molecule has 5 heteroatoms. The molecule has 0 aromatic carbocycles. The van der Waals surface area contributed by atoms with Gasteiger partial charge < -0.3 is 4.90 Å². The highest BCUT2D eigenvalue weighted by atomic mass is 32.2. The zero-order valence-corrected chi connectivity index (χ0v) is 15.0. The summed E-state index contributed by atoms with van der Waals surface area (Å²) >= 11 is 1.63. The number of nitrogens with one attached hydrogen (secondary N) is 1. The molecule has 0 saturated carbocycles. The molecule has 0 aromatic rings. The van der Waals surface area contributed by atoms with Crippen LogP contribution in [0, 0.1) is 0 Å². The fourth-order valence-corrected chi connectivity index (χ4v) is 2.79. The Morgan fingerprint density at radius 3 is 1.95 bits per heavy atom. The largest absolute Gasteiger partial charge is 0.323 e.